The van der Waals surface area contributed by atoms with Gasteiger partial charge in [-0.2, -0.15) is 0 Å². The number of phenolic OH excluding ortho intramolecular Hbond substituents is 1. The smallest absolute Gasteiger partial charge is 0.184 e. The Kier molecular flexibility index (Phi) is 5.97. The van der Waals surface area contributed by atoms with Gasteiger partial charge in [-0.3, -0.25) is 9.88 Å². The summed E-state index contributed by atoms with van der Waals surface area (Å²) in [7, 11) is 0. The van der Waals surface area contributed by atoms with Crippen LogP contribution in [0.1, 0.15) is 24.6 Å². The SMILES string of the molecule is Oc1cccc(-c2nc(N3CCOCC3)c3nnn(C4CCN(Cc5ccccn5)CC4)c3n2)c1. The third-order valence-corrected chi connectivity index (χ3v) is 6.74. The summed E-state index contributed by atoms with van der Waals surface area (Å²) >= 11 is 0. The lowest BCUT2D eigenvalue weighted by Crippen LogP contribution is -2.37. The second-order valence-electron chi connectivity index (χ2n) is 9.06. The molecular weight excluding hydrogens is 444 g/mol. The Hall–Kier alpha value is -3.63. The second kappa shape index (κ2) is 9.55. The molecule has 3 aromatic heterocycles. The average Bonchev–Trinajstić information content (AvgIpc) is 3.34. The lowest BCUT2D eigenvalue weighted by molar-refractivity contribution is 0.122. The molecule has 2 aliphatic heterocycles. The van der Waals surface area contributed by atoms with Gasteiger partial charge in [-0.05, 0) is 37.1 Å². The largest absolute Gasteiger partial charge is 0.508 e. The van der Waals surface area contributed by atoms with Crippen LogP contribution in [0.3, 0.4) is 0 Å². The Morgan fingerprint density at radius 1 is 0.971 bits per heavy atom. The molecule has 10 nitrogen and oxygen atoms in total. The summed E-state index contributed by atoms with van der Waals surface area (Å²) in [6, 6.07) is 13.3. The highest BCUT2D eigenvalue weighted by atomic mass is 16.5. The van der Waals surface area contributed by atoms with E-state index in [1.165, 1.54) is 0 Å². The zero-order valence-electron chi connectivity index (χ0n) is 19.5. The van der Waals surface area contributed by atoms with Crippen molar-refractivity contribution >= 4 is 17.0 Å². The zero-order valence-corrected chi connectivity index (χ0v) is 19.5. The van der Waals surface area contributed by atoms with E-state index >= 15 is 0 Å². The molecule has 1 aromatic carbocycles. The first-order valence-corrected chi connectivity index (χ1v) is 12.1. The number of hydrogen-bond donors (Lipinski definition) is 1. The Morgan fingerprint density at radius 3 is 2.60 bits per heavy atom. The molecule has 0 saturated carbocycles. The van der Waals surface area contributed by atoms with Gasteiger partial charge in [-0.1, -0.05) is 23.4 Å². The van der Waals surface area contributed by atoms with Crippen LogP contribution < -0.4 is 4.90 Å². The number of phenols is 1. The first kappa shape index (κ1) is 21.9. The zero-order chi connectivity index (χ0) is 23.6. The molecule has 4 aromatic rings. The van der Waals surface area contributed by atoms with Crippen LogP contribution in [0.25, 0.3) is 22.6 Å². The molecule has 5 heterocycles. The van der Waals surface area contributed by atoms with E-state index in [0.717, 1.165) is 68.3 Å². The lowest BCUT2D eigenvalue weighted by atomic mass is 10.0. The Labute approximate surface area is 203 Å². The number of likely N-dealkylation sites (tertiary alicyclic amines) is 1. The van der Waals surface area contributed by atoms with Crippen LogP contribution >= 0.6 is 0 Å². The van der Waals surface area contributed by atoms with Gasteiger partial charge in [0.2, 0.25) is 0 Å². The summed E-state index contributed by atoms with van der Waals surface area (Å²) in [6.07, 6.45) is 3.77. The number of hydrogen-bond acceptors (Lipinski definition) is 9. The number of rotatable bonds is 5. The number of benzene rings is 1. The highest BCUT2D eigenvalue weighted by molar-refractivity contribution is 5.85. The van der Waals surface area contributed by atoms with E-state index in [4.69, 9.17) is 14.7 Å². The van der Waals surface area contributed by atoms with Gasteiger partial charge in [0.1, 0.15) is 5.75 Å². The molecular formula is C25H28N8O2. The van der Waals surface area contributed by atoms with Gasteiger partial charge in [0.25, 0.3) is 0 Å². The van der Waals surface area contributed by atoms with E-state index < -0.39 is 0 Å². The molecule has 2 fully saturated rings. The van der Waals surface area contributed by atoms with Crippen molar-refractivity contribution in [2.24, 2.45) is 0 Å². The van der Waals surface area contributed by atoms with Gasteiger partial charge in [-0.25, -0.2) is 14.6 Å². The predicted octanol–water partition coefficient (Wildman–Crippen LogP) is 2.66. The summed E-state index contributed by atoms with van der Waals surface area (Å²) in [5.74, 6) is 1.52. The third-order valence-electron chi connectivity index (χ3n) is 6.74. The maximum atomic E-state index is 10.0. The summed E-state index contributed by atoms with van der Waals surface area (Å²) in [6.45, 7) is 5.56. The van der Waals surface area contributed by atoms with Gasteiger partial charge in [-0.15, -0.1) is 5.10 Å². The van der Waals surface area contributed by atoms with Crippen LogP contribution in [0.5, 0.6) is 5.75 Å². The van der Waals surface area contributed by atoms with Crippen molar-refractivity contribution in [3.63, 3.8) is 0 Å². The number of nitrogens with zero attached hydrogens (tertiary/aromatic N) is 8. The maximum absolute atomic E-state index is 10.0. The number of piperidine rings is 1. The van der Waals surface area contributed by atoms with Crippen molar-refractivity contribution in [3.05, 3.63) is 54.4 Å². The van der Waals surface area contributed by atoms with Gasteiger partial charge in [0.15, 0.2) is 22.8 Å². The Bertz CT molecular complexity index is 1300. The minimum atomic E-state index is 0.186. The topological polar surface area (TPSA) is 105 Å². The van der Waals surface area contributed by atoms with Gasteiger partial charge < -0.3 is 14.7 Å². The first-order valence-electron chi connectivity index (χ1n) is 12.1. The van der Waals surface area contributed by atoms with Crippen molar-refractivity contribution in [3.8, 4) is 17.1 Å². The number of ether oxygens (including phenoxy) is 1. The quantitative estimate of drug-likeness (QED) is 0.469. The summed E-state index contributed by atoms with van der Waals surface area (Å²) in [4.78, 5) is 18.9. The molecule has 0 radical (unpaired) electrons. The van der Waals surface area contributed by atoms with Crippen molar-refractivity contribution in [2.75, 3.05) is 44.3 Å². The summed E-state index contributed by atoms with van der Waals surface area (Å²) < 4.78 is 7.53. The van der Waals surface area contributed by atoms with E-state index in [9.17, 15) is 5.11 Å². The summed E-state index contributed by atoms with van der Waals surface area (Å²) in [5, 5.41) is 19.1. The minimum Gasteiger partial charge on any atom is -0.508 e. The molecule has 2 saturated heterocycles. The average molecular weight is 473 g/mol. The molecule has 0 unspecified atom stereocenters. The van der Waals surface area contributed by atoms with Gasteiger partial charge in [0.05, 0.1) is 24.9 Å². The van der Waals surface area contributed by atoms with E-state index in [1.807, 2.05) is 29.1 Å². The number of morpholine rings is 1. The predicted molar refractivity (Wildman–Crippen MR) is 131 cm³/mol. The molecule has 180 valence electrons. The highest BCUT2D eigenvalue weighted by Crippen LogP contribution is 2.31. The highest BCUT2D eigenvalue weighted by Gasteiger charge is 2.27. The Balaban J connectivity index is 1.31. The molecule has 0 spiro atoms. The fourth-order valence-electron chi connectivity index (χ4n) is 4.87. The minimum absolute atomic E-state index is 0.186. The van der Waals surface area contributed by atoms with Crippen LogP contribution in [0.2, 0.25) is 0 Å². The molecule has 2 aliphatic rings. The van der Waals surface area contributed by atoms with Crippen molar-refractivity contribution < 1.29 is 9.84 Å². The number of fused-ring (bicyclic) bond motifs is 1. The number of aromatic nitrogens is 6. The second-order valence-corrected chi connectivity index (χ2v) is 9.06. The molecule has 35 heavy (non-hydrogen) atoms. The van der Waals surface area contributed by atoms with Crippen molar-refractivity contribution in [2.45, 2.75) is 25.4 Å². The van der Waals surface area contributed by atoms with Crippen LogP contribution in [-0.2, 0) is 11.3 Å². The number of anilines is 1. The van der Waals surface area contributed by atoms with Crippen LogP contribution in [-0.4, -0.2) is 79.3 Å². The fourth-order valence-corrected chi connectivity index (χ4v) is 4.87. The molecule has 0 atom stereocenters. The maximum Gasteiger partial charge on any atom is 0.184 e. The normalized spacial score (nSPS) is 17.8. The van der Waals surface area contributed by atoms with Crippen LogP contribution in [0.15, 0.2) is 48.7 Å². The fraction of sp³-hybridized carbons (Fsp3) is 0.400. The van der Waals surface area contributed by atoms with Gasteiger partial charge in [0, 0.05) is 44.5 Å². The molecule has 0 amide bonds. The molecule has 1 N–H and O–H groups in total. The van der Waals surface area contributed by atoms with Crippen LogP contribution in [0.4, 0.5) is 5.82 Å². The van der Waals surface area contributed by atoms with E-state index in [0.29, 0.717) is 24.6 Å². The Morgan fingerprint density at radius 2 is 1.83 bits per heavy atom. The van der Waals surface area contributed by atoms with E-state index in [-0.39, 0.29) is 11.8 Å². The van der Waals surface area contributed by atoms with Crippen LogP contribution in [0, 0.1) is 0 Å². The molecule has 6 rings (SSSR count). The van der Waals surface area contributed by atoms with Gasteiger partial charge >= 0.3 is 0 Å². The first-order chi connectivity index (χ1) is 17.2. The van der Waals surface area contributed by atoms with Crippen molar-refractivity contribution in [1.29, 1.82) is 0 Å². The lowest BCUT2D eigenvalue weighted by Gasteiger charge is -2.31. The molecule has 0 bridgehead atoms. The standard InChI is InChI=1S/C25H28N8O2/c34-21-6-3-4-18(16-21)23-27-24(32-12-14-35-15-13-32)22-25(28-23)33(30-29-22)20-7-10-31(11-8-20)17-19-5-1-2-9-26-19/h1-6,9,16,20,34H,7-8,10-15,17H2. The monoisotopic (exact) mass is 472 g/mol. The van der Waals surface area contributed by atoms with E-state index in [1.54, 1.807) is 18.2 Å². The third kappa shape index (κ3) is 4.54. The van der Waals surface area contributed by atoms with Crippen molar-refractivity contribution in [1.82, 2.24) is 34.8 Å². The number of pyridine rings is 1. The van der Waals surface area contributed by atoms with E-state index in [2.05, 4.69) is 31.2 Å². The summed E-state index contributed by atoms with van der Waals surface area (Å²) in [5.41, 5.74) is 3.31. The number of aromatic hydroxyl groups is 1. The molecule has 10 heteroatoms. The molecule has 0 aliphatic carbocycles.